The lowest BCUT2D eigenvalue weighted by Gasteiger charge is -2.17. The van der Waals surface area contributed by atoms with Crippen molar-refractivity contribution in [3.63, 3.8) is 0 Å². The van der Waals surface area contributed by atoms with Gasteiger partial charge in [0.1, 0.15) is 4.88 Å². The Morgan fingerprint density at radius 1 is 1.00 bits per heavy atom. The molecule has 4 rings (SSSR count). The van der Waals surface area contributed by atoms with Gasteiger partial charge in [0.05, 0.1) is 5.92 Å². The molecule has 0 fully saturated rings. The van der Waals surface area contributed by atoms with Crippen LogP contribution in [0, 0.1) is 0 Å². The molecule has 8 heteroatoms. The summed E-state index contributed by atoms with van der Waals surface area (Å²) in [4.78, 5) is 34.6. The van der Waals surface area contributed by atoms with Crippen LogP contribution in [-0.2, 0) is 9.36 Å². The lowest BCUT2D eigenvalue weighted by atomic mass is 9.96. The average molecular weight is 439 g/mol. The number of hydrogen-bond acceptors (Lipinski definition) is 4. The molecule has 1 amide bonds. The van der Waals surface area contributed by atoms with Crippen molar-refractivity contribution in [1.29, 1.82) is 0 Å². The van der Waals surface area contributed by atoms with Crippen molar-refractivity contribution in [1.82, 2.24) is 0 Å². The van der Waals surface area contributed by atoms with Crippen LogP contribution in [0.1, 0.15) is 21.2 Å². The molecule has 152 valence electrons. The minimum Gasteiger partial charge on any atom is -0.477 e. The van der Waals surface area contributed by atoms with Crippen molar-refractivity contribution in [2.24, 2.45) is 0 Å². The maximum atomic E-state index is 13.2. The summed E-state index contributed by atoms with van der Waals surface area (Å²) < 4.78 is 12.4. The van der Waals surface area contributed by atoms with E-state index in [1.807, 2.05) is 36.4 Å². The number of carboxylic acid groups (broad SMARTS) is 1. The highest BCUT2D eigenvalue weighted by atomic mass is 32.1. The van der Waals surface area contributed by atoms with Crippen LogP contribution in [0.5, 0.6) is 0 Å². The number of amides is 1. The maximum absolute atomic E-state index is 13.2. The number of anilines is 1. The number of nitrogens with one attached hydrogen (secondary N) is 1. The molecule has 0 aliphatic heterocycles. The van der Waals surface area contributed by atoms with Gasteiger partial charge in [-0.3, -0.25) is 9.36 Å². The Hall–Kier alpha value is -2.99. The van der Waals surface area contributed by atoms with E-state index in [9.17, 15) is 24.2 Å². The Balaban J connectivity index is 1.76. The van der Waals surface area contributed by atoms with Crippen LogP contribution in [0.3, 0.4) is 0 Å². The van der Waals surface area contributed by atoms with Crippen LogP contribution in [-0.4, -0.2) is 28.0 Å². The van der Waals surface area contributed by atoms with E-state index < -0.39 is 25.8 Å². The third kappa shape index (κ3) is 4.00. The topological polar surface area (TPSA) is 104 Å². The van der Waals surface area contributed by atoms with E-state index in [-0.39, 0.29) is 16.6 Å². The summed E-state index contributed by atoms with van der Waals surface area (Å²) in [5, 5.41) is 15.1. The van der Waals surface area contributed by atoms with Crippen LogP contribution in [0.15, 0.2) is 66.7 Å². The number of rotatable bonds is 6. The monoisotopic (exact) mass is 439 g/mol. The molecule has 0 saturated carbocycles. The zero-order chi connectivity index (χ0) is 21.3. The summed E-state index contributed by atoms with van der Waals surface area (Å²) >= 11 is 1.06. The Kier molecular flexibility index (Phi) is 5.68. The number of aromatic carboxylic acids is 1. The molecular weight excluding hydrogens is 421 g/mol. The summed E-state index contributed by atoms with van der Waals surface area (Å²) in [6.45, 7) is 0. The van der Waals surface area contributed by atoms with Crippen molar-refractivity contribution in [3.05, 3.63) is 77.2 Å². The molecule has 0 saturated heterocycles. The van der Waals surface area contributed by atoms with E-state index >= 15 is 0 Å². The molecule has 4 aromatic rings. The van der Waals surface area contributed by atoms with Crippen molar-refractivity contribution in [2.45, 2.75) is 5.92 Å². The molecule has 0 radical (unpaired) electrons. The predicted octanol–water partition coefficient (Wildman–Crippen LogP) is 4.94. The minimum absolute atomic E-state index is 0.0121. The molecule has 1 aromatic heterocycles. The highest BCUT2D eigenvalue weighted by Gasteiger charge is 2.31. The van der Waals surface area contributed by atoms with Crippen LogP contribution in [0.4, 0.5) is 5.69 Å². The van der Waals surface area contributed by atoms with Gasteiger partial charge in [0.25, 0.3) is 0 Å². The second-order valence-electron chi connectivity index (χ2n) is 6.85. The third-order valence-corrected chi connectivity index (χ3v) is 6.82. The van der Waals surface area contributed by atoms with Crippen molar-refractivity contribution < 1.29 is 24.2 Å². The number of fused-ring (bicyclic) bond motifs is 2. The minimum atomic E-state index is -3.04. The van der Waals surface area contributed by atoms with E-state index in [1.54, 1.807) is 30.3 Å². The van der Waals surface area contributed by atoms with Gasteiger partial charge >= 0.3 is 5.97 Å². The number of benzene rings is 3. The first-order valence-electron chi connectivity index (χ1n) is 9.20. The van der Waals surface area contributed by atoms with E-state index in [4.69, 9.17) is 0 Å². The molecule has 6 nitrogen and oxygen atoms in total. The zero-order valence-electron chi connectivity index (χ0n) is 15.7. The van der Waals surface area contributed by atoms with E-state index in [0.29, 0.717) is 15.8 Å². The zero-order valence-corrected chi connectivity index (χ0v) is 17.5. The summed E-state index contributed by atoms with van der Waals surface area (Å²) in [6, 6.07) is 20.2. The standard InChI is InChI=1S/C22H18NO5PS/c24-21(23-15-10-9-13-5-1-2-6-14(13)11-15)17(12-29(27)28)19-16-7-3-4-8-18(16)30-20(19)22(25)26/h1-11,17,29H,12H2,(H,23,24)(H,25,26)(H,27,28). The second kappa shape index (κ2) is 8.40. The van der Waals surface area contributed by atoms with Crippen LogP contribution < -0.4 is 5.32 Å². The molecule has 3 aromatic carbocycles. The third-order valence-electron chi connectivity index (χ3n) is 4.89. The molecule has 0 aliphatic carbocycles. The molecule has 1 heterocycles. The fourth-order valence-corrected chi connectivity index (χ4v) is 5.41. The Morgan fingerprint density at radius 3 is 2.43 bits per heavy atom. The van der Waals surface area contributed by atoms with Gasteiger partial charge in [0, 0.05) is 16.5 Å². The highest BCUT2D eigenvalue weighted by Crippen LogP contribution is 2.39. The van der Waals surface area contributed by atoms with Gasteiger partial charge < -0.3 is 15.3 Å². The number of carbonyl (C=O) groups is 2. The van der Waals surface area contributed by atoms with Crippen molar-refractivity contribution >= 4 is 57.8 Å². The number of carboxylic acids is 1. The van der Waals surface area contributed by atoms with Crippen molar-refractivity contribution in [2.75, 3.05) is 11.5 Å². The molecule has 2 atom stereocenters. The smallest absolute Gasteiger partial charge is 0.346 e. The summed E-state index contributed by atoms with van der Waals surface area (Å²) in [5.41, 5.74) is 0.825. The van der Waals surface area contributed by atoms with E-state index in [0.717, 1.165) is 22.1 Å². The van der Waals surface area contributed by atoms with E-state index in [2.05, 4.69) is 5.32 Å². The molecule has 0 bridgehead atoms. The molecule has 2 unspecified atom stereocenters. The second-order valence-corrected chi connectivity index (χ2v) is 9.10. The SMILES string of the molecule is O=C(O)c1sc2ccccc2c1C(C[PH](=O)O)C(=O)Nc1ccc2ccccc2c1. The van der Waals surface area contributed by atoms with Crippen LogP contribution >= 0.6 is 19.4 Å². The van der Waals surface area contributed by atoms with Gasteiger partial charge in [-0.2, -0.15) is 0 Å². The fraction of sp³-hybridized carbons (Fsp3) is 0.0909. The lowest BCUT2D eigenvalue weighted by Crippen LogP contribution is -2.24. The first-order chi connectivity index (χ1) is 14.4. The Morgan fingerprint density at radius 2 is 1.70 bits per heavy atom. The molecule has 0 aliphatic rings. The average Bonchev–Trinajstić information content (AvgIpc) is 3.11. The normalized spacial score (nSPS) is 13.2. The Labute approximate surface area is 176 Å². The molecule has 3 N–H and O–H groups in total. The maximum Gasteiger partial charge on any atom is 0.346 e. The van der Waals surface area contributed by atoms with Crippen LogP contribution in [0.25, 0.3) is 20.9 Å². The van der Waals surface area contributed by atoms with E-state index in [1.165, 1.54) is 0 Å². The van der Waals surface area contributed by atoms with Gasteiger partial charge in [-0.05, 0) is 39.9 Å². The number of thiophene rings is 1. The highest BCUT2D eigenvalue weighted by molar-refractivity contribution is 7.38. The molecular formula is C22H18NO5PS. The van der Waals surface area contributed by atoms with Crippen molar-refractivity contribution in [3.8, 4) is 0 Å². The first kappa shape index (κ1) is 20.3. The van der Waals surface area contributed by atoms with Crippen LogP contribution in [0.2, 0.25) is 0 Å². The molecule has 30 heavy (non-hydrogen) atoms. The van der Waals surface area contributed by atoms with Gasteiger partial charge in [-0.15, -0.1) is 11.3 Å². The van der Waals surface area contributed by atoms with Gasteiger partial charge in [-0.25, -0.2) is 4.79 Å². The van der Waals surface area contributed by atoms with Gasteiger partial charge in [-0.1, -0.05) is 48.5 Å². The summed E-state index contributed by atoms with van der Waals surface area (Å²) in [5.74, 6) is -2.73. The number of carbonyl (C=O) groups excluding carboxylic acids is 1. The van der Waals surface area contributed by atoms with Gasteiger partial charge in [0.15, 0.2) is 8.03 Å². The Bertz CT molecular complexity index is 1300. The number of hydrogen-bond donors (Lipinski definition) is 3. The fourth-order valence-electron chi connectivity index (χ4n) is 3.57. The largest absolute Gasteiger partial charge is 0.477 e. The predicted molar refractivity (Wildman–Crippen MR) is 120 cm³/mol. The van der Waals surface area contributed by atoms with Gasteiger partial charge in [0.2, 0.25) is 5.91 Å². The lowest BCUT2D eigenvalue weighted by molar-refractivity contribution is -0.117. The summed E-state index contributed by atoms with van der Waals surface area (Å²) in [7, 11) is -3.04. The first-order valence-corrected chi connectivity index (χ1v) is 11.6. The quantitative estimate of drug-likeness (QED) is 0.369. The summed E-state index contributed by atoms with van der Waals surface area (Å²) in [6.07, 6.45) is -0.328. The molecule has 0 spiro atoms.